The highest BCUT2D eigenvalue weighted by Crippen LogP contribution is 2.31. The minimum absolute atomic E-state index is 0.284. The van der Waals surface area contributed by atoms with Gasteiger partial charge in [0, 0.05) is 44.3 Å². The SMILES string of the molecule is CN(C)c1cccc(-c2ccc3[nH]nc(-c4cncc(N5CCC(N)CC5)n4)c3c2)c1. The van der Waals surface area contributed by atoms with E-state index in [9.17, 15) is 0 Å². The molecule has 2 aromatic heterocycles. The number of benzene rings is 2. The van der Waals surface area contributed by atoms with Crippen LogP contribution in [0.15, 0.2) is 54.9 Å². The maximum atomic E-state index is 6.05. The average molecular weight is 414 g/mol. The predicted octanol–water partition coefficient (Wildman–Crippen LogP) is 3.68. The molecule has 0 spiro atoms. The van der Waals surface area contributed by atoms with Gasteiger partial charge in [0.05, 0.1) is 17.9 Å². The number of nitrogens with two attached hydrogens (primary N) is 1. The second-order valence-electron chi connectivity index (χ2n) is 8.36. The summed E-state index contributed by atoms with van der Waals surface area (Å²) >= 11 is 0. The fourth-order valence-corrected chi connectivity index (χ4v) is 4.10. The zero-order valence-corrected chi connectivity index (χ0v) is 17.9. The Kier molecular flexibility index (Phi) is 5.03. The summed E-state index contributed by atoms with van der Waals surface area (Å²) in [7, 11) is 4.11. The van der Waals surface area contributed by atoms with Crippen LogP contribution in [0.5, 0.6) is 0 Å². The molecule has 1 fully saturated rings. The van der Waals surface area contributed by atoms with E-state index >= 15 is 0 Å². The third-order valence-electron chi connectivity index (χ3n) is 5.99. The molecule has 0 radical (unpaired) electrons. The summed E-state index contributed by atoms with van der Waals surface area (Å²) in [5.74, 6) is 0.885. The van der Waals surface area contributed by atoms with E-state index in [0.29, 0.717) is 0 Å². The Morgan fingerprint density at radius 3 is 2.65 bits per heavy atom. The topological polar surface area (TPSA) is 87.0 Å². The van der Waals surface area contributed by atoms with Crippen molar-refractivity contribution in [1.29, 1.82) is 0 Å². The van der Waals surface area contributed by atoms with Crippen LogP contribution in [0.3, 0.4) is 0 Å². The van der Waals surface area contributed by atoms with Crippen molar-refractivity contribution in [3.63, 3.8) is 0 Å². The molecule has 158 valence electrons. The fraction of sp³-hybridized carbons (Fsp3) is 0.292. The monoisotopic (exact) mass is 413 g/mol. The van der Waals surface area contributed by atoms with Crippen molar-refractivity contribution in [3.8, 4) is 22.5 Å². The third kappa shape index (κ3) is 3.84. The summed E-state index contributed by atoms with van der Waals surface area (Å²) in [6.07, 6.45) is 5.57. The number of piperidine rings is 1. The summed E-state index contributed by atoms with van der Waals surface area (Å²) in [4.78, 5) is 13.7. The maximum Gasteiger partial charge on any atom is 0.147 e. The molecule has 3 heterocycles. The number of anilines is 2. The molecule has 3 N–H and O–H groups in total. The molecule has 31 heavy (non-hydrogen) atoms. The third-order valence-corrected chi connectivity index (χ3v) is 5.99. The molecule has 0 aliphatic carbocycles. The summed E-state index contributed by atoms with van der Waals surface area (Å²) < 4.78 is 0. The van der Waals surface area contributed by atoms with Gasteiger partial charge in [-0.05, 0) is 48.2 Å². The lowest BCUT2D eigenvalue weighted by molar-refractivity contribution is 0.498. The molecular formula is C24H27N7. The van der Waals surface area contributed by atoms with E-state index in [1.165, 1.54) is 11.3 Å². The van der Waals surface area contributed by atoms with Crippen molar-refractivity contribution >= 4 is 22.4 Å². The van der Waals surface area contributed by atoms with Gasteiger partial charge in [-0.1, -0.05) is 18.2 Å². The molecule has 1 aliphatic rings. The smallest absolute Gasteiger partial charge is 0.147 e. The predicted molar refractivity (Wildman–Crippen MR) is 126 cm³/mol. The van der Waals surface area contributed by atoms with Crippen LogP contribution >= 0.6 is 0 Å². The van der Waals surface area contributed by atoms with Crippen molar-refractivity contribution in [3.05, 3.63) is 54.9 Å². The molecular weight excluding hydrogens is 386 g/mol. The second-order valence-corrected chi connectivity index (χ2v) is 8.36. The van der Waals surface area contributed by atoms with Crippen LogP contribution in [0.4, 0.5) is 11.5 Å². The van der Waals surface area contributed by atoms with E-state index in [-0.39, 0.29) is 6.04 Å². The van der Waals surface area contributed by atoms with Gasteiger partial charge in [0.2, 0.25) is 0 Å². The van der Waals surface area contributed by atoms with Crippen LogP contribution in [-0.4, -0.2) is 53.4 Å². The Hall–Kier alpha value is -3.45. The van der Waals surface area contributed by atoms with Gasteiger partial charge >= 0.3 is 0 Å². The minimum atomic E-state index is 0.284. The van der Waals surface area contributed by atoms with E-state index in [0.717, 1.165) is 59.6 Å². The number of nitrogens with zero attached hydrogens (tertiary/aromatic N) is 5. The van der Waals surface area contributed by atoms with Crippen LogP contribution in [0.1, 0.15) is 12.8 Å². The number of nitrogens with one attached hydrogen (secondary N) is 1. The van der Waals surface area contributed by atoms with Gasteiger partial charge in [-0.25, -0.2) is 4.98 Å². The first-order valence-corrected chi connectivity index (χ1v) is 10.7. The van der Waals surface area contributed by atoms with Crippen molar-refractivity contribution < 1.29 is 0 Å². The van der Waals surface area contributed by atoms with Crippen molar-refractivity contribution in [2.45, 2.75) is 18.9 Å². The highest BCUT2D eigenvalue weighted by molar-refractivity contribution is 5.95. The molecule has 0 saturated carbocycles. The first-order valence-electron chi connectivity index (χ1n) is 10.7. The second kappa shape index (κ2) is 8.00. The van der Waals surface area contributed by atoms with Gasteiger partial charge in [-0.15, -0.1) is 0 Å². The number of rotatable bonds is 4. The van der Waals surface area contributed by atoms with Crippen LogP contribution < -0.4 is 15.5 Å². The molecule has 1 aliphatic heterocycles. The Labute approximate surface area is 181 Å². The van der Waals surface area contributed by atoms with Crippen molar-refractivity contribution in [2.24, 2.45) is 5.73 Å². The number of H-pyrrole nitrogens is 1. The number of hydrogen-bond donors (Lipinski definition) is 2. The summed E-state index contributed by atoms with van der Waals surface area (Å²) in [5.41, 5.74) is 12.1. The summed E-state index contributed by atoms with van der Waals surface area (Å²) in [5, 5.41) is 8.76. The summed E-state index contributed by atoms with van der Waals surface area (Å²) in [6.45, 7) is 1.82. The largest absolute Gasteiger partial charge is 0.378 e. The Balaban J connectivity index is 1.52. The molecule has 2 aromatic carbocycles. The highest BCUT2D eigenvalue weighted by Gasteiger charge is 2.19. The fourth-order valence-electron chi connectivity index (χ4n) is 4.10. The minimum Gasteiger partial charge on any atom is -0.378 e. The van der Waals surface area contributed by atoms with Gasteiger partial charge < -0.3 is 15.5 Å². The molecule has 0 amide bonds. The lowest BCUT2D eigenvalue weighted by Gasteiger charge is -2.30. The molecule has 0 unspecified atom stereocenters. The van der Waals surface area contributed by atoms with Crippen LogP contribution in [-0.2, 0) is 0 Å². The number of fused-ring (bicyclic) bond motifs is 1. The van der Waals surface area contributed by atoms with Crippen LogP contribution in [0.25, 0.3) is 33.4 Å². The van der Waals surface area contributed by atoms with Crippen molar-refractivity contribution in [1.82, 2.24) is 20.2 Å². The number of aromatic nitrogens is 4. The zero-order valence-electron chi connectivity index (χ0n) is 17.9. The molecule has 5 rings (SSSR count). The van der Waals surface area contributed by atoms with E-state index in [4.69, 9.17) is 10.7 Å². The Morgan fingerprint density at radius 2 is 1.84 bits per heavy atom. The van der Waals surface area contributed by atoms with Crippen LogP contribution in [0, 0.1) is 0 Å². The first-order chi connectivity index (χ1) is 15.1. The van der Waals surface area contributed by atoms with E-state index in [1.54, 1.807) is 6.20 Å². The zero-order chi connectivity index (χ0) is 21.4. The average Bonchev–Trinajstić information content (AvgIpc) is 3.23. The Morgan fingerprint density at radius 1 is 1.03 bits per heavy atom. The van der Waals surface area contributed by atoms with Crippen molar-refractivity contribution in [2.75, 3.05) is 37.0 Å². The van der Waals surface area contributed by atoms with Gasteiger partial charge in [-0.3, -0.25) is 10.1 Å². The molecule has 1 saturated heterocycles. The lowest BCUT2D eigenvalue weighted by Crippen LogP contribution is -2.40. The van der Waals surface area contributed by atoms with E-state index < -0.39 is 0 Å². The maximum absolute atomic E-state index is 6.05. The van der Waals surface area contributed by atoms with Gasteiger partial charge in [-0.2, -0.15) is 5.10 Å². The normalized spacial score (nSPS) is 14.9. The first kappa shape index (κ1) is 19.5. The standard InChI is InChI=1S/C24H27N7/c1-30(2)19-5-3-4-16(12-19)17-6-7-21-20(13-17)24(29-28-21)22-14-26-15-23(27-22)31-10-8-18(25)9-11-31/h3-7,12-15,18H,8-11,25H2,1-2H3,(H,28,29). The summed E-state index contributed by atoms with van der Waals surface area (Å²) in [6, 6.07) is 15.2. The Bertz CT molecular complexity index is 1210. The van der Waals surface area contributed by atoms with Gasteiger partial charge in [0.15, 0.2) is 0 Å². The van der Waals surface area contributed by atoms with Gasteiger partial charge in [0.1, 0.15) is 17.2 Å². The number of aromatic amines is 1. The highest BCUT2D eigenvalue weighted by atomic mass is 15.2. The van der Waals surface area contributed by atoms with E-state index in [1.807, 2.05) is 6.20 Å². The number of hydrogen-bond acceptors (Lipinski definition) is 6. The molecule has 7 heteroatoms. The molecule has 4 aromatic rings. The van der Waals surface area contributed by atoms with E-state index in [2.05, 4.69) is 81.5 Å². The van der Waals surface area contributed by atoms with Gasteiger partial charge in [0.25, 0.3) is 0 Å². The molecule has 7 nitrogen and oxygen atoms in total. The molecule has 0 atom stereocenters. The lowest BCUT2D eigenvalue weighted by atomic mass is 10.0. The molecule has 0 bridgehead atoms. The quantitative estimate of drug-likeness (QED) is 0.531. The van der Waals surface area contributed by atoms with Crippen LogP contribution in [0.2, 0.25) is 0 Å².